The molecule has 3 nitrogen and oxygen atoms in total. The van der Waals surface area contributed by atoms with Crippen LogP contribution < -0.4 is 5.32 Å². The van der Waals surface area contributed by atoms with Gasteiger partial charge in [0.25, 0.3) is 0 Å². The summed E-state index contributed by atoms with van der Waals surface area (Å²) < 4.78 is 10.5. The van der Waals surface area contributed by atoms with E-state index in [1.54, 1.807) is 14.2 Å². The van der Waals surface area contributed by atoms with E-state index in [0.29, 0.717) is 12.6 Å². The molecule has 19 heavy (non-hydrogen) atoms. The number of nitrogens with one attached hydrogen (secondary N) is 1. The summed E-state index contributed by atoms with van der Waals surface area (Å²) in [6, 6.07) is 11.0. The summed E-state index contributed by atoms with van der Waals surface area (Å²) in [5.41, 5.74) is 1.35. The fraction of sp³-hybridized carbons (Fsp3) is 0.625. The molecule has 2 atom stereocenters. The molecule has 0 radical (unpaired) electrons. The molecule has 2 unspecified atom stereocenters. The summed E-state index contributed by atoms with van der Waals surface area (Å²) in [6.45, 7) is 3.66. The van der Waals surface area contributed by atoms with Crippen molar-refractivity contribution >= 4 is 0 Å². The summed E-state index contributed by atoms with van der Waals surface area (Å²) in [4.78, 5) is 0. The molecule has 0 spiro atoms. The van der Waals surface area contributed by atoms with Crippen molar-refractivity contribution in [2.24, 2.45) is 0 Å². The van der Waals surface area contributed by atoms with Crippen LogP contribution in [0.4, 0.5) is 0 Å². The molecule has 1 N–H and O–H groups in total. The molecule has 0 aromatic heterocycles. The lowest BCUT2D eigenvalue weighted by molar-refractivity contribution is 0.0271. The fourth-order valence-electron chi connectivity index (χ4n) is 2.15. The lowest BCUT2D eigenvalue weighted by atomic mass is 10.0. The van der Waals surface area contributed by atoms with Gasteiger partial charge in [-0.3, -0.25) is 0 Å². The Morgan fingerprint density at radius 3 is 2.47 bits per heavy atom. The number of ether oxygens (including phenoxy) is 2. The van der Waals surface area contributed by atoms with E-state index in [1.807, 2.05) is 0 Å². The van der Waals surface area contributed by atoms with Crippen LogP contribution in [0, 0.1) is 0 Å². The highest BCUT2D eigenvalue weighted by atomic mass is 16.5. The Morgan fingerprint density at radius 1 is 1.16 bits per heavy atom. The molecular formula is C16H27NO2. The number of rotatable bonds is 10. The second kappa shape index (κ2) is 9.96. The zero-order valence-electron chi connectivity index (χ0n) is 12.4. The molecule has 0 aliphatic carbocycles. The normalized spacial score (nSPS) is 14.3. The summed E-state index contributed by atoms with van der Waals surface area (Å²) in [5, 5.41) is 3.60. The molecule has 0 amide bonds. The third-order valence-electron chi connectivity index (χ3n) is 3.33. The van der Waals surface area contributed by atoms with Crippen molar-refractivity contribution < 1.29 is 9.47 Å². The lowest BCUT2D eigenvalue weighted by Gasteiger charge is -2.22. The highest BCUT2D eigenvalue weighted by Gasteiger charge is 2.13. The molecule has 1 aromatic carbocycles. The van der Waals surface area contributed by atoms with Crippen molar-refractivity contribution in [1.82, 2.24) is 5.32 Å². The fourth-order valence-corrected chi connectivity index (χ4v) is 2.15. The first-order valence-corrected chi connectivity index (χ1v) is 7.11. The molecule has 0 bridgehead atoms. The average Bonchev–Trinajstić information content (AvgIpc) is 2.47. The smallest absolute Gasteiger partial charge is 0.0928 e. The topological polar surface area (TPSA) is 30.5 Å². The third-order valence-corrected chi connectivity index (χ3v) is 3.33. The molecule has 108 valence electrons. The van der Waals surface area contributed by atoms with Gasteiger partial charge in [-0.1, -0.05) is 50.1 Å². The number of hydrogen-bond acceptors (Lipinski definition) is 3. The zero-order chi connectivity index (χ0) is 13.9. The highest BCUT2D eigenvalue weighted by Crippen LogP contribution is 2.19. The maximum absolute atomic E-state index is 5.39. The van der Waals surface area contributed by atoms with E-state index in [-0.39, 0.29) is 6.10 Å². The van der Waals surface area contributed by atoms with Crippen molar-refractivity contribution in [1.29, 1.82) is 0 Å². The van der Waals surface area contributed by atoms with E-state index < -0.39 is 0 Å². The van der Waals surface area contributed by atoms with E-state index in [0.717, 1.165) is 13.0 Å². The minimum absolute atomic E-state index is 0.109. The van der Waals surface area contributed by atoms with Crippen molar-refractivity contribution in [3.05, 3.63) is 35.9 Å². The third kappa shape index (κ3) is 6.19. The van der Waals surface area contributed by atoms with Crippen LogP contribution in [0.15, 0.2) is 30.3 Å². The van der Waals surface area contributed by atoms with Crippen molar-refractivity contribution in [3.63, 3.8) is 0 Å². The Labute approximate surface area is 117 Å². The highest BCUT2D eigenvalue weighted by molar-refractivity contribution is 5.18. The SMILES string of the molecule is CCCCC(NCC(COC)OC)c1ccccc1. The van der Waals surface area contributed by atoms with E-state index in [4.69, 9.17) is 9.47 Å². The minimum atomic E-state index is 0.109. The molecule has 1 aromatic rings. The Hall–Kier alpha value is -0.900. The van der Waals surface area contributed by atoms with Crippen LogP contribution in [-0.2, 0) is 9.47 Å². The van der Waals surface area contributed by atoms with Gasteiger partial charge in [0.15, 0.2) is 0 Å². The van der Waals surface area contributed by atoms with Gasteiger partial charge in [-0.15, -0.1) is 0 Å². The van der Waals surface area contributed by atoms with Gasteiger partial charge >= 0.3 is 0 Å². The first-order valence-electron chi connectivity index (χ1n) is 7.11. The Balaban J connectivity index is 2.54. The van der Waals surface area contributed by atoms with Crippen LogP contribution >= 0.6 is 0 Å². The van der Waals surface area contributed by atoms with Crippen LogP contribution in [0.1, 0.15) is 37.8 Å². The van der Waals surface area contributed by atoms with Gasteiger partial charge in [0.05, 0.1) is 12.7 Å². The number of hydrogen-bond donors (Lipinski definition) is 1. The summed E-state index contributed by atoms with van der Waals surface area (Å²) in [7, 11) is 3.44. The van der Waals surface area contributed by atoms with Crippen LogP contribution in [0.25, 0.3) is 0 Å². The van der Waals surface area contributed by atoms with Gasteiger partial charge in [0.1, 0.15) is 0 Å². The predicted molar refractivity (Wildman–Crippen MR) is 79.4 cm³/mol. The van der Waals surface area contributed by atoms with Crippen molar-refractivity contribution in [3.8, 4) is 0 Å². The second-order valence-electron chi connectivity index (χ2n) is 4.83. The Kier molecular flexibility index (Phi) is 8.47. The predicted octanol–water partition coefficient (Wildman–Crippen LogP) is 3.17. The van der Waals surface area contributed by atoms with Crippen LogP contribution in [0.2, 0.25) is 0 Å². The number of methoxy groups -OCH3 is 2. The van der Waals surface area contributed by atoms with Gasteiger partial charge in [-0.05, 0) is 12.0 Å². The Bertz CT molecular complexity index is 316. The van der Waals surface area contributed by atoms with Crippen LogP contribution in [-0.4, -0.2) is 33.5 Å². The quantitative estimate of drug-likeness (QED) is 0.705. The average molecular weight is 265 g/mol. The van der Waals surface area contributed by atoms with Crippen molar-refractivity contribution in [2.75, 3.05) is 27.4 Å². The summed E-state index contributed by atoms with van der Waals surface area (Å²) in [6.07, 6.45) is 3.72. The molecular weight excluding hydrogens is 238 g/mol. The summed E-state index contributed by atoms with van der Waals surface area (Å²) >= 11 is 0. The molecule has 0 saturated carbocycles. The standard InChI is InChI=1S/C16H27NO2/c1-4-5-11-16(14-9-7-6-8-10-14)17-12-15(19-3)13-18-2/h6-10,15-17H,4-5,11-13H2,1-3H3. The first kappa shape index (κ1) is 16.2. The lowest BCUT2D eigenvalue weighted by Crippen LogP contribution is -2.34. The summed E-state index contributed by atoms with van der Waals surface area (Å²) in [5.74, 6) is 0. The molecule has 3 heteroatoms. The van der Waals surface area contributed by atoms with Gasteiger partial charge in [-0.25, -0.2) is 0 Å². The van der Waals surface area contributed by atoms with Gasteiger partial charge < -0.3 is 14.8 Å². The van der Waals surface area contributed by atoms with E-state index in [2.05, 4.69) is 42.6 Å². The largest absolute Gasteiger partial charge is 0.382 e. The van der Waals surface area contributed by atoms with E-state index >= 15 is 0 Å². The molecule has 0 saturated heterocycles. The molecule has 0 heterocycles. The van der Waals surface area contributed by atoms with Gasteiger partial charge in [0, 0.05) is 26.8 Å². The monoisotopic (exact) mass is 265 g/mol. The zero-order valence-corrected chi connectivity index (χ0v) is 12.4. The molecule has 0 aliphatic heterocycles. The maximum Gasteiger partial charge on any atom is 0.0928 e. The van der Waals surface area contributed by atoms with Crippen LogP contribution in [0.5, 0.6) is 0 Å². The van der Waals surface area contributed by atoms with E-state index in [9.17, 15) is 0 Å². The molecule has 1 rings (SSSR count). The Morgan fingerprint density at radius 2 is 1.89 bits per heavy atom. The minimum Gasteiger partial charge on any atom is -0.382 e. The van der Waals surface area contributed by atoms with Crippen molar-refractivity contribution in [2.45, 2.75) is 38.3 Å². The first-order chi connectivity index (χ1) is 9.31. The second-order valence-corrected chi connectivity index (χ2v) is 4.83. The van der Waals surface area contributed by atoms with Crippen LogP contribution in [0.3, 0.4) is 0 Å². The van der Waals surface area contributed by atoms with E-state index in [1.165, 1.54) is 18.4 Å². The molecule has 0 aliphatic rings. The van der Waals surface area contributed by atoms with Gasteiger partial charge in [0.2, 0.25) is 0 Å². The molecule has 0 fully saturated rings. The number of unbranched alkanes of at least 4 members (excludes halogenated alkanes) is 1. The van der Waals surface area contributed by atoms with Gasteiger partial charge in [-0.2, -0.15) is 0 Å². The maximum atomic E-state index is 5.39. The number of benzene rings is 1.